The predicted octanol–water partition coefficient (Wildman–Crippen LogP) is 1.19. The van der Waals surface area contributed by atoms with Gasteiger partial charge in [0.15, 0.2) is 0 Å². The zero-order valence-corrected chi connectivity index (χ0v) is 8.40. The molecule has 1 heterocycles. The Morgan fingerprint density at radius 2 is 1.92 bits per heavy atom. The van der Waals surface area contributed by atoms with Crippen molar-refractivity contribution in [3.8, 4) is 0 Å². The fourth-order valence-corrected chi connectivity index (χ4v) is 0.753. The first-order chi connectivity index (χ1) is 5.63. The summed E-state index contributed by atoms with van der Waals surface area (Å²) in [5.74, 6) is 0. The van der Waals surface area contributed by atoms with Gasteiger partial charge in [-0.05, 0) is 13.8 Å². The minimum atomic E-state index is -0.0602. The third-order valence-electron chi connectivity index (χ3n) is 1.40. The lowest BCUT2D eigenvalue weighted by Crippen LogP contribution is -2.23. The van der Waals surface area contributed by atoms with E-state index in [2.05, 4.69) is 5.10 Å². The van der Waals surface area contributed by atoms with E-state index in [1.54, 1.807) is 17.9 Å². The second-order valence-electron chi connectivity index (χ2n) is 2.54. The Kier molecular flexibility index (Phi) is 4.33. The highest BCUT2D eigenvalue weighted by Crippen LogP contribution is 1.95. The van der Waals surface area contributed by atoms with E-state index in [4.69, 9.17) is 0 Å². The maximum Gasteiger partial charge on any atom is 0.345 e. The van der Waals surface area contributed by atoms with Crippen molar-refractivity contribution < 1.29 is 0 Å². The zero-order chi connectivity index (χ0) is 9.72. The van der Waals surface area contributed by atoms with Crippen molar-refractivity contribution in [2.45, 2.75) is 33.7 Å². The number of aromatic nitrogens is 3. The Morgan fingerprint density at radius 1 is 1.42 bits per heavy atom. The van der Waals surface area contributed by atoms with E-state index < -0.39 is 0 Å². The molecule has 0 atom stereocenters. The first kappa shape index (κ1) is 10.9. The molecule has 1 aromatic heterocycles. The van der Waals surface area contributed by atoms with Crippen molar-refractivity contribution in [1.82, 2.24) is 14.3 Å². The molecule has 0 unspecified atom stereocenters. The van der Waals surface area contributed by atoms with Crippen LogP contribution in [-0.2, 0) is 7.05 Å². The maximum atomic E-state index is 11.1. The molecular weight excluding hydrogens is 154 g/mol. The molecule has 0 bridgehead atoms. The van der Waals surface area contributed by atoms with E-state index in [1.165, 1.54) is 4.68 Å². The summed E-state index contributed by atoms with van der Waals surface area (Å²) in [7, 11) is 1.64. The third kappa shape index (κ3) is 2.22. The molecule has 0 saturated carbocycles. The molecule has 0 fully saturated rings. The minimum absolute atomic E-state index is 0.0602. The molecule has 0 aliphatic heterocycles. The quantitative estimate of drug-likeness (QED) is 0.636. The van der Waals surface area contributed by atoms with Crippen molar-refractivity contribution in [3.63, 3.8) is 0 Å². The van der Waals surface area contributed by atoms with Gasteiger partial charge in [-0.1, -0.05) is 13.8 Å². The second kappa shape index (κ2) is 4.74. The Labute approximate surface area is 72.8 Å². The van der Waals surface area contributed by atoms with Crippen molar-refractivity contribution in [2.24, 2.45) is 7.05 Å². The van der Waals surface area contributed by atoms with Crippen LogP contribution in [0.15, 0.2) is 11.1 Å². The van der Waals surface area contributed by atoms with Crippen LogP contribution in [0.25, 0.3) is 0 Å². The van der Waals surface area contributed by atoms with Crippen LogP contribution in [0.3, 0.4) is 0 Å². The smallest absolute Gasteiger partial charge is 0.279 e. The highest BCUT2D eigenvalue weighted by Gasteiger charge is 2.02. The summed E-state index contributed by atoms with van der Waals surface area (Å²) in [6.45, 7) is 7.90. The molecule has 0 spiro atoms. The van der Waals surface area contributed by atoms with Gasteiger partial charge in [0.25, 0.3) is 0 Å². The van der Waals surface area contributed by atoms with Crippen LogP contribution in [0, 0.1) is 0 Å². The molecule has 0 saturated heterocycles. The molecule has 0 aliphatic carbocycles. The molecule has 0 amide bonds. The van der Waals surface area contributed by atoms with E-state index in [1.807, 2.05) is 27.7 Å². The largest absolute Gasteiger partial charge is 0.345 e. The molecule has 4 nitrogen and oxygen atoms in total. The van der Waals surface area contributed by atoms with Crippen molar-refractivity contribution in [3.05, 3.63) is 16.8 Å². The van der Waals surface area contributed by atoms with Crippen molar-refractivity contribution >= 4 is 0 Å². The average molecular weight is 171 g/mol. The van der Waals surface area contributed by atoms with Crippen LogP contribution in [-0.4, -0.2) is 14.3 Å². The lowest BCUT2D eigenvalue weighted by atomic mass is 10.4. The zero-order valence-electron chi connectivity index (χ0n) is 8.40. The van der Waals surface area contributed by atoms with E-state index >= 15 is 0 Å². The van der Waals surface area contributed by atoms with Gasteiger partial charge in [-0.2, -0.15) is 5.10 Å². The number of hydrogen-bond donors (Lipinski definition) is 0. The topological polar surface area (TPSA) is 39.8 Å². The standard InChI is InChI=1S/C6H11N3O.C2H6/c1-5(2)9-4-7-8(3)6(9)10;1-2/h4-5H,1-3H3;1-2H3. The summed E-state index contributed by atoms with van der Waals surface area (Å²) in [6, 6.07) is 0.196. The van der Waals surface area contributed by atoms with Crippen LogP contribution < -0.4 is 5.69 Å². The molecule has 0 aromatic carbocycles. The van der Waals surface area contributed by atoms with E-state index in [0.717, 1.165) is 0 Å². The van der Waals surface area contributed by atoms with E-state index in [-0.39, 0.29) is 11.7 Å². The Hall–Kier alpha value is -1.06. The van der Waals surface area contributed by atoms with Gasteiger partial charge in [-0.3, -0.25) is 4.57 Å². The monoisotopic (exact) mass is 171 g/mol. The SMILES string of the molecule is CC.CC(C)n1cnn(C)c1=O. The van der Waals surface area contributed by atoms with Gasteiger partial charge < -0.3 is 0 Å². The molecule has 0 N–H and O–H groups in total. The molecular formula is C8H17N3O. The average Bonchev–Trinajstić information content (AvgIpc) is 2.37. The lowest BCUT2D eigenvalue weighted by Gasteiger charge is -2.00. The summed E-state index contributed by atoms with van der Waals surface area (Å²) in [4.78, 5) is 11.1. The third-order valence-corrected chi connectivity index (χ3v) is 1.40. The van der Waals surface area contributed by atoms with Crippen LogP contribution in [0.4, 0.5) is 0 Å². The van der Waals surface area contributed by atoms with Crippen molar-refractivity contribution in [1.29, 1.82) is 0 Å². The normalized spacial score (nSPS) is 9.50. The highest BCUT2D eigenvalue weighted by molar-refractivity contribution is 4.69. The molecule has 0 aliphatic rings. The predicted molar refractivity (Wildman–Crippen MR) is 49.2 cm³/mol. The Balaban J connectivity index is 0.000000561. The minimum Gasteiger partial charge on any atom is -0.279 e. The van der Waals surface area contributed by atoms with Crippen molar-refractivity contribution in [2.75, 3.05) is 0 Å². The highest BCUT2D eigenvalue weighted by atomic mass is 16.2. The van der Waals surface area contributed by atoms with Gasteiger partial charge in [0.1, 0.15) is 6.33 Å². The van der Waals surface area contributed by atoms with Gasteiger partial charge >= 0.3 is 5.69 Å². The summed E-state index contributed by atoms with van der Waals surface area (Å²) in [5, 5.41) is 3.80. The molecule has 4 heteroatoms. The number of rotatable bonds is 1. The summed E-state index contributed by atoms with van der Waals surface area (Å²) < 4.78 is 2.90. The molecule has 12 heavy (non-hydrogen) atoms. The van der Waals surface area contributed by atoms with Crippen LogP contribution in [0.1, 0.15) is 33.7 Å². The fraction of sp³-hybridized carbons (Fsp3) is 0.750. The van der Waals surface area contributed by atoms with E-state index in [9.17, 15) is 4.79 Å². The number of nitrogens with zero attached hydrogens (tertiary/aromatic N) is 3. The van der Waals surface area contributed by atoms with Crippen LogP contribution in [0.5, 0.6) is 0 Å². The Morgan fingerprint density at radius 3 is 2.08 bits per heavy atom. The summed E-state index contributed by atoms with van der Waals surface area (Å²) >= 11 is 0. The van der Waals surface area contributed by atoms with E-state index in [0.29, 0.717) is 0 Å². The van der Waals surface area contributed by atoms with Crippen LogP contribution >= 0.6 is 0 Å². The Bertz CT molecular complexity index is 272. The maximum absolute atomic E-state index is 11.1. The van der Waals surface area contributed by atoms with Gasteiger partial charge in [-0.25, -0.2) is 9.48 Å². The summed E-state index contributed by atoms with van der Waals surface area (Å²) in [6.07, 6.45) is 1.55. The van der Waals surface area contributed by atoms with Gasteiger partial charge in [0, 0.05) is 13.1 Å². The van der Waals surface area contributed by atoms with Crippen LogP contribution in [0.2, 0.25) is 0 Å². The first-order valence-electron chi connectivity index (χ1n) is 4.23. The molecule has 1 rings (SSSR count). The van der Waals surface area contributed by atoms with Gasteiger partial charge in [0.05, 0.1) is 0 Å². The fourth-order valence-electron chi connectivity index (χ4n) is 0.753. The second-order valence-corrected chi connectivity index (χ2v) is 2.54. The molecule has 70 valence electrons. The number of aryl methyl sites for hydroxylation is 1. The van der Waals surface area contributed by atoms with Gasteiger partial charge in [-0.15, -0.1) is 0 Å². The number of hydrogen-bond acceptors (Lipinski definition) is 2. The lowest BCUT2D eigenvalue weighted by molar-refractivity contribution is 0.567. The van der Waals surface area contributed by atoms with Gasteiger partial charge in [0.2, 0.25) is 0 Å². The molecule has 0 radical (unpaired) electrons. The first-order valence-corrected chi connectivity index (χ1v) is 4.23. The summed E-state index contributed by atoms with van der Waals surface area (Å²) in [5.41, 5.74) is -0.0602. The molecule has 1 aromatic rings.